The fourth-order valence-corrected chi connectivity index (χ4v) is 4.05. The number of nitrogens with one attached hydrogen (secondary N) is 1. The molecule has 122 valence electrons. The van der Waals surface area contributed by atoms with Crippen molar-refractivity contribution in [3.8, 4) is 0 Å². The summed E-state index contributed by atoms with van der Waals surface area (Å²) in [5, 5.41) is 2.97. The summed E-state index contributed by atoms with van der Waals surface area (Å²) in [6.07, 6.45) is 0. The van der Waals surface area contributed by atoms with E-state index in [9.17, 15) is 4.79 Å². The normalized spacial score (nSPS) is 15.7. The van der Waals surface area contributed by atoms with Crippen LogP contribution in [0.5, 0.6) is 0 Å². The van der Waals surface area contributed by atoms with Crippen LogP contribution in [-0.4, -0.2) is 44.0 Å². The van der Waals surface area contributed by atoms with Crippen molar-refractivity contribution in [2.45, 2.75) is 6.92 Å². The smallest absolute Gasteiger partial charge is 0.265 e. The molecule has 1 aliphatic rings. The van der Waals surface area contributed by atoms with Crippen molar-refractivity contribution in [1.82, 2.24) is 4.90 Å². The van der Waals surface area contributed by atoms with Gasteiger partial charge in [-0.1, -0.05) is 0 Å². The molecule has 1 N–H and O–H groups in total. The molecule has 1 fully saturated rings. The van der Waals surface area contributed by atoms with Gasteiger partial charge < -0.3 is 15.1 Å². The lowest BCUT2D eigenvalue weighted by Gasteiger charge is -2.35. The number of anilines is 2. The number of carbonyl (C=O) groups is 1. The molecule has 2 aromatic rings. The zero-order valence-corrected chi connectivity index (χ0v) is 15.7. The van der Waals surface area contributed by atoms with Gasteiger partial charge in [0.1, 0.15) is 0 Å². The largest absolute Gasteiger partial charge is 0.369 e. The van der Waals surface area contributed by atoms with E-state index in [4.69, 9.17) is 0 Å². The number of rotatable bonds is 3. The molecule has 2 heterocycles. The second kappa shape index (κ2) is 7.03. The number of hydrogen-bond donors (Lipinski definition) is 1. The first kappa shape index (κ1) is 16.5. The summed E-state index contributed by atoms with van der Waals surface area (Å²) >= 11 is 4.82. The van der Waals surface area contributed by atoms with Gasteiger partial charge in [-0.05, 0) is 65.8 Å². The molecular weight excluding hydrogens is 374 g/mol. The SMILES string of the molecule is Cc1cc(NC(=O)c2ccc(Br)s2)ccc1N1CCN(C)CC1. The Kier molecular flexibility index (Phi) is 5.04. The Labute approximate surface area is 149 Å². The van der Waals surface area contributed by atoms with Crippen molar-refractivity contribution >= 4 is 44.5 Å². The van der Waals surface area contributed by atoms with E-state index in [0.29, 0.717) is 4.88 Å². The molecule has 1 aromatic heterocycles. The van der Waals surface area contributed by atoms with Crippen LogP contribution in [0.4, 0.5) is 11.4 Å². The number of nitrogens with zero attached hydrogens (tertiary/aromatic N) is 2. The highest BCUT2D eigenvalue weighted by atomic mass is 79.9. The molecule has 0 atom stereocenters. The zero-order chi connectivity index (χ0) is 16.4. The summed E-state index contributed by atoms with van der Waals surface area (Å²) in [4.78, 5) is 17.7. The molecule has 1 amide bonds. The van der Waals surface area contributed by atoms with E-state index >= 15 is 0 Å². The lowest BCUT2D eigenvalue weighted by Crippen LogP contribution is -2.44. The second-order valence-electron chi connectivity index (χ2n) is 5.85. The summed E-state index contributed by atoms with van der Waals surface area (Å²) in [5.41, 5.74) is 3.30. The maximum Gasteiger partial charge on any atom is 0.265 e. The number of aryl methyl sites for hydroxylation is 1. The topological polar surface area (TPSA) is 35.6 Å². The Morgan fingerprint density at radius 1 is 1.17 bits per heavy atom. The van der Waals surface area contributed by atoms with Gasteiger partial charge in [-0.15, -0.1) is 11.3 Å². The number of likely N-dealkylation sites (N-methyl/N-ethyl adjacent to an activating group) is 1. The molecule has 6 heteroatoms. The van der Waals surface area contributed by atoms with Crippen LogP contribution in [0, 0.1) is 6.92 Å². The molecule has 3 rings (SSSR count). The van der Waals surface area contributed by atoms with Gasteiger partial charge in [0.05, 0.1) is 8.66 Å². The molecule has 0 radical (unpaired) electrons. The number of carbonyl (C=O) groups excluding carboxylic acids is 1. The van der Waals surface area contributed by atoms with Gasteiger partial charge in [0.25, 0.3) is 5.91 Å². The Bertz CT molecular complexity index is 708. The molecular formula is C17H20BrN3OS. The van der Waals surface area contributed by atoms with Crippen LogP contribution in [0.3, 0.4) is 0 Å². The molecule has 0 bridgehead atoms. The fourth-order valence-electron chi connectivity index (χ4n) is 2.76. The average molecular weight is 394 g/mol. The Hall–Kier alpha value is -1.37. The maximum atomic E-state index is 12.2. The third kappa shape index (κ3) is 3.94. The van der Waals surface area contributed by atoms with Crippen LogP contribution in [0.25, 0.3) is 0 Å². The van der Waals surface area contributed by atoms with E-state index in [0.717, 1.165) is 35.7 Å². The van der Waals surface area contributed by atoms with E-state index in [-0.39, 0.29) is 5.91 Å². The van der Waals surface area contributed by atoms with Gasteiger partial charge in [-0.2, -0.15) is 0 Å². The van der Waals surface area contributed by atoms with Crippen LogP contribution in [0.2, 0.25) is 0 Å². The Morgan fingerprint density at radius 3 is 2.52 bits per heavy atom. The Morgan fingerprint density at radius 2 is 1.91 bits per heavy atom. The number of hydrogen-bond acceptors (Lipinski definition) is 4. The monoisotopic (exact) mass is 393 g/mol. The fraction of sp³-hybridized carbons (Fsp3) is 0.353. The molecule has 0 saturated carbocycles. The van der Waals surface area contributed by atoms with Crippen molar-refractivity contribution in [2.24, 2.45) is 0 Å². The van der Waals surface area contributed by atoms with Crippen LogP contribution < -0.4 is 10.2 Å². The number of benzene rings is 1. The molecule has 23 heavy (non-hydrogen) atoms. The van der Waals surface area contributed by atoms with Crippen molar-refractivity contribution in [3.63, 3.8) is 0 Å². The third-order valence-corrected chi connectivity index (χ3v) is 5.72. The molecule has 0 unspecified atom stereocenters. The highest BCUT2D eigenvalue weighted by Crippen LogP contribution is 2.26. The summed E-state index contributed by atoms with van der Waals surface area (Å²) in [7, 11) is 2.16. The predicted molar refractivity (Wildman–Crippen MR) is 101 cm³/mol. The van der Waals surface area contributed by atoms with Crippen molar-refractivity contribution in [2.75, 3.05) is 43.4 Å². The zero-order valence-electron chi connectivity index (χ0n) is 13.3. The average Bonchev–Trinajstić information content (AvgIpc) is 2.95. The van der Waals surface area contributed by atoms with Crippen LogP contribution in [-0.2, 0) is 0 Å². The molecule has 1 aromatic carbocycles. The molecule has 0 aliphatic carbocycles. The highest BCUT2D eigenvalue weighted by molar-refractivity contribution is 9.11. The van der Waals surface area contributed by atoms with Gasteiger partial charge in [0.2, 0.25) is 0 Å². The van der Waals surface area contributed by atoms with Crippen LogP contribution in [0.15, 0.2) is 34.1 Å². The van der Waals surface area contributed by atoms with Gasteiger partial charge in [0.15, 0.2) is 0 Å². The van der Waals surface area contributed by atoms with Crippen molar-refractivity contribution in [1.29, 1.82) is 0 Å². The predicted octanol–water partition coefficient (Wildman–Crippen LogP) is 3.82. The standard InChI is InChI=1S/C17H20BrN3OS/c1-12-11-13(19-17(22)15-5-6-16(18)23-15)3-4-14(12)21-9-7-20(2)8-10-21/h3-6,11H,7-10H2,1-2H3,(H,19,22). The number of thiophene rings is 1. The molecule has 0 spiro atoms. The summed E-state index contributed by atoms with van der Waals surface area (Å²) in [5.74, 6) is -0.0625. The van der Waals surface area contributed by atoms with E-state index in [1.54, 1.807) is 0 Å². The number of halogens is 1. The van der Waals surface area contributed by atoms with Gasteiger partial charge in [0, 0.05) is 37.6 Å². The first-order valence-electron chi connectivity index (χ1n) is 7.64. The van der Waals surface area contributed by atoms with E-state index in [1.165, 1.54) is 22.6 Å². The molecule has 1 aliphatic heterocycles. The number of piperazine rings is 1. The van der Waals surface area contributed by atoms with Gasteiger partial charge in [-0.25, -0.2) is 0 Å². The van der Waals surface area contributed by atoms with Crippen molar-refractivity contribution in [3.05, 3.63) is 44.6 Å². The highest BCUT2D eigenvalue weighted by Gasteiger charge is 2.16. The van der Waals surface area contributed by atoms with Crippen LogP contribution >= 0.6 is 27.3 Å². The Balaban J connectivity index is 1.70. The van der Waals surface area contributed by atoms with Gasteiger partial charge >= 0.3 is 0 Å². The molecule has 1 saturated heterocycles. The summed E-state index contributed by atoms with van der Waals surface area (Å²) in [6, 6.07) is 9.87. The lowest BCUT2D eigenvalue weighted by atomic mass is 10.1. The lowest BCUT2D eigenvalue weighted by molar-refractivity contribution is 0.103. The first-order chi connectivity index (χ1) is 11.0. The van der Waals surface area contributed by atoms with E-state index in [1.807, 2.05) is 24.3 Å². The minimum atomic E-state index is -0.0625. The van der Waals surface area contributed by atoms with Gasteiger partial charge in [-0.3, -0.25) is 4.79 Å². The van der Waals surface area contributed by atoms with Crippen LogP contribution in [0.1, 0.15) is 15.2 Å². The third-order valence-electron chi connectivity index (χ3n) is 4.10. The minimum Gasteiger partial charge on any atom is -0.369 e. The quantitative estimate of drug-likeness (QED) is 0.860. The summed E-state index contributed by atoms with van der Waals surface area (Å²) < 4.78 is 0.962. The summed E-state index contributed by atoms with van der Waals surface area (Å²) in [6.45, 7) is 6.37. The first-order valence-corrected chi connectivity index (χ1v) is 9.25. The van der Waals surface area contributed by atoms with E-state index < -0.39 is 0 Å². The van der Waals surface area contributed by atoms with Crippen molar-refractivity contribution < 1.29 is 4.79 Å². The second-order valence-corrected chi connectivity index (χ2v) is 8.31. The molecule has 4 nitrogen and oxygen atoms in total. The van der Waals surface area contributed by atoms with E-state index in [2.05, 4.69) is 51.1 Å². The number of amides is 1. The maximum absolute atomic E-state index is 12.2. The minimum absolute atomic E-state index is 0.0625.